The van der Waals surface area contributed by atoms with Crippen molar-refractivity contribution in [3.63, 3.8) is 0 Å². The molecule has 0 spiro atoms. The Morgan fingerprint density at radius 2 is 1.17 bits per heavy atom. The van der Waals surface area contributed by atoms with Crippen molar-refractivity contribution in [1.29, 1.82) is 0 Å². The van der Waals surface area contributed by atoms with Crippen LogP contribution in [0.5, 0.6) is 0 Å². The van der Waals surface area contributed by atoms with E-state index in [9.17, 15) is 0 Å². The first-order chi connectivity index (χ1) is 31.4. The molecular weight excluding hydrogens is 1030 g/mol. The zero-order valence-electron chi connectivity index (χ0n) is 36.2. The van der Waals surface area contributed by atoms with Crippen LogP contribution < -0.4 is 4.40 Å². The first kappa shape index (κ1) is 42.1. The van der Waals surface area contributed by atoms with E-state index in [2.05, 4.69) is 197 Å². The minimum Gasteiger partial charge on any atom is -0.501 e. The Labute approximate surface area is 395 Å². The van der Waals surface area contributed by atoms with Gasteiger partial charge in [0.1, 0.15) is 5.58 Å². The molecule has 3 aromatic heterocycles. The fourth-order valence-electron chi connectivity index (χ4n) is 8.90. The van der Waals surface area contributed by atoms with E-state index in [1.165, 1.54) is 15.2 Å². The van der Waals surface area contributed by atoms with Gasteiger partial charge >= 0.3 is 99.8 Å². The molecule has 0 aliphatic rings. The van der Waals surface area contributed by atoms with Crippen LogP contribution in [0.15, 0.2) is 211 Å². The van der Waals surface area contributed by atoms with Crippen molar-refractivity contribution < 1.29 is 24.5 Å². The first-order valence-corrected chi connectivity index (χ1v) is 29.1. The zero-order valence-corrected chi connectivity index (χ0v) is 40.7. The average Bonchev–Trinajstić information content (AvgIpc) is 3.95. The SMILES string of the molecule is [CH3][Ge]([CH3])([CH3])[c]1ccc(-c2[c-]cccc2)nc1.[Ir].[c-]1ccc2c(oc3ccccc32)c1-c1nc2c3ccccc3c3ccccc3c2n1-c1cc(-c2ccccc2)ccc1-c1ccccc1. The van der Waals surface area contributed by atoms with Gasteiger partial charge in [-0.15, -0.1) is 18.2 Å². The van der Waals surface area contributed by atoms with E-state index in [1.54, 1.807) is 0 Å². The van der Waals surface area contributed by atoms with Gasteiger partial charge < -0.3 is 8.98 Å². The topological polar surface area (TPSA) is 43.9 Å². The third-order valence-corrected chi connectivity index (χ3v) is 16.4. The van der Waals surface area contributed by atoms with E-state index in [4.69, 9.17) is 9.40 Å². The van der Waals surface area contributed by atoms with Crippen molar-refractivity contribution in [3.05, 3.63) is 219 Å². The molecule has 0 bridgehead atoms. The van der Waals surface area contributed by atoms with Crippen LogP contribution in [0.2, 0.25) is 17.3 Å². The van der Waals surface area contributed by atoms with Crippen LogP contribution in [0.4, 0.5) is 0 Å². The number of imidazole rings is 1. The fourth-order valence-corrected chi connectivity index (χ4v) is 11.1. The first-order valence-electron chi connectivity index (χ1n) is 21.7. The Hall–Kier alpha value is -6.89. The standard InChI is InChI=1S/C45H27N2O.C14H16GeN.Ir/c1-3-14-29(15-4-1)31-26-27-32(30-16-5-2-6-17-30)40(28-31)47-43-37-22-10-8-19-34(37)33-18-7-9-21-36(33)42(43)46-45(47)39-24-13-23-38-35-20-11-12-25-41(35)48-44(38)39;1-15(2,3)13-9-10-14(16-11-13)12-7-5-4-6-8-12;/h1-23,25-28H;4-7,9-11H,1-3H3;/q2*-1;. The summed E-state index contributed by atoms with van der Waals surface area (Å²) in [6.45, 7) is 0. The summed E-state index contributed by atoms with van der Waals surface area (Å²) < 4.78 is 10.4. The number of furan rings is 1. The molecule has 0 unspecified atom stereocenters. The fraction of sp³-hybridized carbons (Fsp3) is 0.0508. The van der Waals surface area contributed by atoms with Gasteiger partial charge in [-0.05, 0) is 39.6 Å². The third kappa shape index (κ3) is 7.80. The molecule has 9 aromatic carbocycles. The molecule has 3 heterocycles. The summed E-state index contributed by atoms with van der Waals surface area (Å²) in [5.41, 5.74) is 12.1. The molecule has 0 amide bonds. The number of para-hydroxylation sites is 1. The quantitative estimate of drug-likeness (QED) is 0.0947. The van der Waals surface area contributed by atoms with Gasteiger partial charge in [-0.25, -0.2) is 0 Å². The smallest absolute Gasteiger partial charge is 0.120 e. The minimum absolute atomic E-state index is 0. The molecule has 12 rings (SSSR count). The summed E-state index contributed by atoms with van der Waals surface area (Å²) in [6.07, 6.45) is 2.04. The van der Waals surface area contributed by atoms with Gasteiger partial charge in [0.15, 0.2) is 0 Å². The monoisotopic (exact) mass is 1080 g/mol. The van der Waals surface area contributed by atoms with Crippen LogP contribution in [-0.4, -0.2) is 27.8 Å². The van der Waals surface area contributed by atoms with Gasteiger partial charge in [-0.1, -0.05) is 150 Å². The number of fused-ring (bicyclic) bond motifs is 9. The number of hydrogen-bond donors (Lipinski definition) is 0. The number of benzene rings is 9. The predicted molar refractivity (Wildman–Crippen MR) is 270 cm³/mol. The van der Waals surface area contributed by atoms with Gasteiger partial charge in [0.05, 0.1) is 22.4 Å². The van der Waals surface area contributed by atoms with E-state index in [-0.39, 0.29) is 20.1 Å². The normalized spacial score (nSPS) is 11.5. The molecule has 6 heteroatoms. The summed E-state index contributed by atoms with van der Waals surface area (Å²) in [7, 11) is 0. The summed E-state index contributed by atoms with van der Waals surface area (Å²) >= 11 is -1.72. The number of aromatic nitrogens is 3. The van der Waals surface area contributed by atoms with Gasteiger partial charge in [-0.3, -0.25) is 4.98 Å². The summed E-state index contributed by atoms with van der Waals surface area (Å²) in [5.74, 6) is 7.93. The Balaban J connectivity index is 0.000000249. The second-order valence-corrected chi connectivity index (χ2v) is 27.8. The molecule has 1 radical (unpaired) electrons. The van der Waals surface area contributed by atoms with E-state index in [1.807, 2.05) is 48.7 Å². The second-order valence-electron chi connectivity index (χ2n) is 17.2. The Kier molecular flexibility index (Phi) is 11.4. The van der Waals surface area contributed by atoms with E-state index in [0.717, 1.165) is 94.3 Å². The molecule has 4 nitrogen and oxygen atoms in total. The summed E-state index contributed by atoms with van der Waals surface area (Å²) in [5, 5.41) is 6.77. The van der Waals surface area contributed by atoms with Crippen LogP contribution in [0.25, 0.3) is 105 Å². The summed E-state index contributed by atoms with van der Waals surface area (Å²) in [4.78, 5) is 10.1. The number of rotatable bonds is 6. The van der Waals surface area contributed by atoms with Crippen molar-refractivity contribution in [1.82, 2.24) is 14.5 Å². The van der Waals surface area contributed by atoms with E-state index >= 15 is 0 Å². The van der Waals surface area contributed by atoms with Crippen molar-refractivity contribution in [2.24, 2.45) is 0 Å². The van der Waals surface area contributed by atoms with Crippen LogP contribution in [-0.2, 0) is 20.1 Å². The summed E-state index contributed by atoms with van der Waals surface area (Å²) in [6, 6.07) is 76.7. The van der Waals surface area contributed by atoms with Crippen LogP contribution >= 0.6 is 0 Å². The molecule has 0 fully saturated rings. The van der Waals surface area contributed by atoms with Crippen LogP contribution in [0, 0.1) is 12.1 Å². The van der Waals surface area contributed by atoms with Crippen molar-refractivity contribution in [2.75, 3.05) is 0 Å². The van der Waals surface area contributed by atoms with Gasteiger partial charge in [0.25, 0.3) is 0 Å². The Morgan fingerprint density at radius 3 is 1.86 bits per heavy atom. The largest absolute Gasteiger partial charge is 0.501 e. The van der Waals surface area contributed by atoms with Gasteiger partial charge in [-0.2, -0.15) is 0 Å². The maximum atomic E-state index is 6.62. The van der Waals surface area contributed by atoms with Crippen molar-refractivity contribution in [3.8, 4) is 50.6 Å². The van der Waals surface area contributed by atoms with Gasteiger partial charge in [0, 0.05) is 47.5 Å². The molecular formula is C59H43GeIrN3O-2. The maximum Gasteiger partial charge on any atom is 0.120 e. The Bertz CT molecular complexity index is 3630. The maximum absolute atomic E-state index is 6.62. The molecule has 65 heavy (non-hydrogen) atoms. The van der Waals surface area contributed by atoms with Gasteiger partial charge in [0.2, 0.25) is 0 Å². The number of nitrogens with zero attached hydrogens (tertiary/aromatic N) is 3. The van der Waals surface area contributed by atoms with E-state index < -0.39 is 13.3 Å². The molecule has 12 aromatic rings. The van der Waals surface area contributed by atoms with Crippen LogP contribution in [0.1, 0.15) is 0 Å². The predicted octanol–water partition coefficient (Wildman–Crippen LogP) is 15.1. The average molecular weight is 1070 g/mol. The number of hydrogen-bond acceptors (Lipinski definition) is 3. The molecule has 0 atom stereocenters. The molecule has 0 saturated heterocycles. The Morgan fingerprint density at radius 1 is 0.523 bits per heavy atom. The van der Waals surface area contributed by atoms with E-state index in [0.29, 0.717) is 0 Å². The molecule has 0 aliphatic heterocycles. The molecule has 0 aliphatic carbocycles. The molecule has 315 valence electrons. The minimum atomic E-state index is -1.72. The second kappa shape index (κ2) is 17.6. The molecule has 0 saturated carbocycles. The third-order valence-electron chi connectivity index (χ3n) is 12.1. The van der Waals surface area contributed by atoms with Crippen LogP contribution in [0.3, 0.4) is 0 Å². The van der Waals surface area contributed by atoms with Crippen molar-refractivity contribution in [2.45, 2.75) is 17.3 Å². The number of pyridine rings is 1. The zero-order chi connectivity index (χ0) is 43.2. The van der Waals surface area contributed by atoms with Crippen molar-refractivity contribution >= 4 is 72.2 Å². The molecule has 0 N–H and O–H groups in total.